The van der Waals surface area contributed by atoms with Gasteiger partial charge in [-0.2, -0.15) is 15.0 Å². The molecule has 174 valence electrons. The van der Waals surface area contributed by atoms with E-state index in [0.717, 1.165) is 0 Å². The first kappa shape index (κ1) is 22.6. The molecular weight excluding hydrogens is 418 g/mol. The molecule has 1 aromatic carbocycles. The number of rotatable bonds is 4. The van der Waals surface area contributed by atoms with E-state index in [2.05, 4.69) is 9.97 Å². The summed E-state index contributed by atoms with van der Waals surface area (Å²) in [6.45, 7) is 11.4. The number of anilines is 3. The van der Waals surface area contributed by atoms with Crippen molar-refractivity contribution in [1.82, 2.24) is 15.0 Å². The highest BCUT2D eigenvalue weighted by Crippen LogP contribution is 2.33. The molecule has 2 aromatic rings. The Bertz CT molecular complexity index is 939. The predicted octanol–water partition coefficient (Wildman–Crippen LogP) is 3.29. The van der Waals surface area contributed by atoms with Crippen molar-refractivity contribution in [3.8, 4) is 11.4 Å². The van der Waals surface area contributed by atoms with Gasteiger partial charge in [0, 0.05) is 43.0 Å². The topological polar surface area (TPSA) is 89.6 Å². The van der Waals surface area contributed by atoms with Crippen molar-refractivity contribution in [2.75, 3.05) is 54.9 Å². The number of nitrogen functional groups attached to an aromatic ring is 1. The van der Waals surface area contributed by atoms with E-state index in [4.69, 9.17) is 20.2 Å². The summed E-state index contributed by atoms with van der Waals surface area (Å²) in [6, 6.07) is 4.41. The fourth-order valence-electron chi connectivity index (χ4n) is 4.10. The summed E-state index contributed by atoms with van der Waals surface area (Å²) in [5, 5.41) is 0. The molecule has 8 nitrogen and oxygen atoms in total. The number of ether oxygens (including phenoxy) is 2. The Morgan fingerprint density at radius 2 is 1.44 bits per heavy atom. The maximum absolute atomic E-state index is 13.8. The Labute approximate surface area is 186 Å². The van der Waals surface area contributed by atoms with Crippen LogP contribution in [0.2, 0.25) is 0 Å². The van der Waals surface area contributed by atoms with Crippen LogP contribution in [0.4, 0.5) is 26.4 Å². The number of benzene rings is 1. The number of hydrogen-bond donors (Lipinski definition) is 1. The van der Waals surface area contributed by atoms with Gasteiger partial charge in [0.25, 0.3) is 6.43 Å². The van der Waals surface area contributed by atoms with Crippen LogP contribution in [0.5, 0.6) is 0 Å². The highest BCUT2D eigenvalue weighted by Gasteiger charge is 2.32. The van der Waals surface area contributed by atoms with Crippen LogP contribution in [-0.2, 0) is 9.47 Å². The van der Waals surface area contributed by atoms with E-state index in [1.54, 1.807) is 12.1 Å². The second-order valence-electron chi connectivity index (χ2n) is 9.47. The van der Waals surface area contributed by atoms with Crippen LogP contribution < -0.4 is 15.5 Å². The molecule has 2 fully saturated rings. The van der Waals surface area contributed by atoms with Crippen molar-refractivity contribution in [1.29, 1.82) is 0 Å². The maximum atomic E-state index is 13.8. The lowest BCUT2D eigenvalue weighted by molar-refractivity contribution is -0.0285. The smallest absolute Gasteiger partial charge is 0.264 e. The molecule has 2 saturated heterocycles. The molecule has 3 heterocycles. The van der Waals surface area contributed by atoms with Gasteiger partial charge < -0.3 is 25.0 Å². The van der Waals surface area contributed by atoms with Gasteiger partial charge in [-0.15, -0.1) is 0 Å². The quantitative estimate of drug-likeness (QED) is 0.713. The third-order valence-electron chi connectivity index (χ3n) is 5.58. The van der Waals surface area contributed by atoms with Crippen LogP contribution in [0.25, 0.3) is 11.4 Å². The summed E-state index contributed by atoms with van der Waals surface area (Å²) in [5.41, 5.74) is 5.34. The van der Waals surface area contributed by atoms with Crippen LogP contribution >= 0.6 is 0 Å². The first-order valence-electron chi connectivity index (χ1n) is 10.7. The van der Waals surface area contributed by atoms with Crippen molar-refractivity contribution in [3.63, 3.8) is 0 Å². The molecule has 0 atom stereocenters. The molecule has 0 amide bonds. The minimum absolute atomic E-state index is 0.197. The lowest BCUT2D eigenvalue weighted by Gasteiger charge is -2.40. The zero-order chi connectivity index (χ0) is 23.1. The number of morpholine rings is 2. The second-order valence-corrected chi connectivity index (χ2v) is 9.47. The van der Waals surface area contributed by atoms with E-state index in [0.29, 0.717) is 51.3 Å². The lowest BCUT2D eigenvalue weighted by atomic mass is 10.1. The molecule has 0 bridgehead atoms. The number of nitrogens with zero attached hydrogens (tertiary/aromatic N) is 5. The number of aromatic nitrogens is 3. The third kappa shape index (κ3) is 4.91. The van der Waals surface area contributed by atoms with Gasteiger partial charge in [-0.1, -0.05) is 0 Å². The van der Waals surface area contributed by atoms with E-state index in [1.807, 2.05) is 37.5 Å². The van der Waals surface area contributed by atoms with Crippen LogP contribution in [-0.4, -0.2) is 65.5 Å². The van der Waals surface area contributed by atoms with E-state index in [-0.39, 0.29) is 33.8 Å². The van der Waals surface area contributed by atoms with Crippen LogP contribution in [0.15, 0.2) is 18.2 Å². The summed E-state index contributed by atoms with van der Waals surface area (Å²) in [5.74, 6) is 1.10. The van der Waals surface area contributed by atoms with E-state index < -0.39 is 6.43 Å². The summed E-state index contributed by atoms with van der Waals surface area (Å²) in [4.78, 5) is 18.0. The molecule has 32 heavy (non-hydrogen) atoms. The monoisotopic (exact) mass is 448 g/mol. The largest absolute Gasteiger partial charge is 0.399 e. The SMILES string of the molecule is CC1(C)CN(c2nc(-c3ccc(N)cc3C(F)F)nc(N3CCOC(C)(C)C3)n2)CCO1. The third-order valence-corrected chi connectivity index (χ3v) is 5.58. The molecular formula is C22H30F2N6O2. The normalized spacial score (nSPS) is 20.6. The number of nitrogens with two attached hydrogens (primary N) is 1. The maximum Gasteiger partial charge on any atom is 0.264 e. The first-order valence-corrected chi connectivity index (χ1v) is 10.7. The van der Waals surface area contributed by atoms with Crippen molar-refractivity contribution >= 4 is 17.6 Å². The molecule has 0 unspecified atom stereocenters. The number of alkyl halides is 2. The van der Waals surface area contributed by atoms with Gasteiger partial charge in [-0.3, -0.25) is 0 Å². The summed E-state index contributed by atoms with van der Waals surface area (Å²) in [7, 11) is 0. The van der Waals surface area contributed by atoms with Gasteiger partial charge in [0.1, 0.15) is 0 Å². The van der Waals surface area contributed by atoms with E-state index >= 15 is 0 Å². The van der Waals surface area contributed by atoms with Gasteiger partial charge in [0.05, 0.1) is 24.4 Å². The summed E-state index contributed by atoms with van der Waals surface area (Å²) < 4.78 is 39.3. The Morgan fingerprint density at radius 1 is 0.906 bits per heavy atom. The molecule has 0 radical (unpaired) electrons. The van der Waals surface area contributed by atoms with Crippen molar-refractivity contribution in [2.24, 2.45) is 0 Å². The van der Waals surface area contributed by atoms with Gasteiger partial charge >= 0.3 is 0 Å². The van der Waals surface area contributed by atoms with Gasteiger partial charge in [-0.25, -0.2) is 8.78 Å². The zero-order valence-corrected chi connectivity index (χ0v) is 18.9. The van der Waals surface area contributed by atoms with Crippen LogP contribution in [0.3, 0.4) is 0 Å². The first-order chi connectivity index (χ1) is 15.0. The molecule has 1 aromatic heterocycles. The number of halogens is 2. The average Bonchev–Trinajstić information content (AvgIpc) is 2.72. The van der Waals surface area contributed by atoms with Crippen LogP contribution in [0.1, 0.15) is 39.7 Å². The molecule has 10 heteroatoms. The summed E-state index contributed by atoms with van der Waals surface area (Å²) >= 11 is 0. The van der Waals surface area contributed by atoms with Crippen molar-refractivity contribution in [2.45, 2.75) is 45.3 Å². The Balaban J connectivity index is 1.81. The van der Waals surface area contributed by atoms with Crippen LogP contribution in [0, 0.1) is 0 Å². The number of hydrogen-bond acceptors (Lipinski definition) is 8. The molecule has 2 aliphatic heterocycles. The van der Waals surface area contributed by atoms with Gasteiger partial charge in [0.15, 0.2) is 5.82 Å². The standard InChI is InChI=1S/C22H30F2N6O2/c1-21(2)12-29(7-9-31-21)19-26-18(15-6-5-14(25)11-16(15)17(23)24)27-20(28-19)30-8-10-32-22(3,4)13-30/h5-6,11,17H,7-10,12-13,25H2,1-4H3. The lowest BCUT2D eigenvalue weighted by Crippen LogP contribution is -2.50. The highest BCUT2D eigenvalue weighted by molar-refractivity contribution is 5.66. The van der Waals surface area contributed by atoms with Crippen molar-refractivity contribution in [3.05, 3.63) is 23.8 Å². The van der Waals surface area contributed by atoms with Gasteiger partial charge in [-0.05, 0) is 45.9 Å². The molecule has 0 saturated carbocycles. The summed E-state index contributed by atoms with van der Waals surface area (Å²) in [6.07, 6.45) is -2.71. The molecule has 2 N–H and O–H groups in total. The highest BCUT2D eigenvalue weighted by atomic mass is 19.3. The Morgan fingerprint density at radius 3 is 1.91 bits per heavy atom. The Kier molecular flexibility index (Phi) is 5.93. The van der Waals surface area contributed by atoms with Crippen molar-refractivity contribution < 1.29 is 18.3 Å². The molecule has 4 rings (SSSR count). The Hall–Kier alpha value is -2.59. The minimum atomic E-state index is -2.71. The fraction of sp³-hybridized carbons (Fsp3) is 0.591. The van der Waals surface area contributed by atoms with Gasteiger partial charge in [0.2, 0.25) is 11.9 Å². The van der Waals surface area contributed by atoms with E-state index in [1.165, 1.54) is 6.07 Å². The average molecular weight is 449 g/mol. The predicted molar refractivity (Wildman–Crippen MR) is 119 cm³/mol. The molecule has 0 spiro atoms. The molecule has 2 aliphatic rings. The zero-order valence-electron chi connectivity index (χ0n) is 18.9. The molecule has 0 aliphatic carbocycles. The second kappa shape index (κ2) is 8.40. The fourth-order valence-corrected chi connectivity index (χ4v) is 4.10. The van der Waals surface area contributed by atoms with E-state index in [9.17, 15) is 8.78 Å². The minimum Gasteiger partial charge on any atom is -0.399 e.